The first-order valence-corrected chi connectivity index (χ1v) is 9.51. The highest BCUT2D eigenvalue weighted by Crippen LogP contribution is 2.35. The van der Waals surface area contributed by atoms with Crippen LogP contribution in [-0.4, -0.2) is 46.4 Å². The predicted molar refractivity (Wildman–Crippen MR) is 115 cm³/mol. The van der Waals surface area contributed by atoms with Crippen molar-refractivity contribution in [1.29, 1.82) is 5.26 Å². The van der Waals surface area contributed by atoms with Crippen molar-refractivity contribution in [3.63, 3.8) is 0 Å². The van der Waals surface area contributed by atoms with E-state index in [1.165, 1.54) is 56.6 Å². The SMILES string of the molecule is COc1cc(OC)c(OC)cc1/C=C/C(=O)OCC(=O)N(CCC#N)c1ccc(F)cc1. The lowest BCUT2D eigenvalue weighted by Gasteiger charge is -2.21. The number of rotatable bonds is 10. The Morgan fingerprint density at radius 1 is 1.03 bits per heavy atom. The molecule has 0 aromatic heterocycles. The number of hydrogen-bond acceptors (Lipinski definition) is 7. The van der Waals surface area contributed by atoms with Gasteiger partial charge >= 0.3 is 5.97 Å². The van der Waals surface area contributed by atoms with Crippen LogP contribution in [0.1, 0.15) is 12.0 Å². The molecule has 0 N–H and O–H groups in total. The predicted octanol–water partition coefficient (Wildman–Crippen LogP) is 3.35. The summed E-state index contributed by atoms with van der Waals surface area (Å²) in [4.78, 5) is 25.9. The lowest BCUT2D eigenvalue weighted by molar-refractivity contribution is -0.142. The zero-order valence-corrected chi connectivity index (χ0v) is 18.0. The van der Waals surface area contributed by atoms with E-state index in [4.69, 9.17) is 24.2 Å². The zero-order chi connectivity index (χ0) is 23.5. The summed E-state index contributed by atoms with van der Waals surface area (Å²) < 4.78 is 34.0. The van der Waals surface area contributed by atoms with Crippen molar-refractivity contribution in [3.05, 3.63) is 53.9 Å². The Kier molecular flexibility index (Phi) is 9.05. The zero-order valence-electron chi connectivity index (χ0n) is 18.0. The van der Waals surface area contributed by atoms with Gasteiger partial charge in [0.15, 0.2) is 18.1 Å². The van der Waals surface area contributed by atoms with Crippen LogP contribution in [0.25, 0.3) is 6.08 Å². The Hall–Kier alpha value is -4.06. The number of carbonyl (C=O) groups is 2. The van der Waals surface area contributed by atoms with Crippen molar-refractivity contribution in [2.24, 2.45) is 0 Å². The van der Waals surface area contributed by atoms with Gasteiger partial charge in [-0.15, -0.1) is 0 Å². The highest BCUT2D eigenvalue weighted by molar-refractivity contribution is 5.96. The molecule has 0 fully saturated rings. The molecule has 0 saturated carbocycles. The van der Waals surface area contributed by atoms with E-state index in [1.807, 2.05) is 6.07 Å². The molecule has 0 unspecified atom stereocenters. The quantitative estimate of drug-likeness (QED) is 0.411. The van der Waals surface area contributed by atoms with E-state index in [1.54, 1.807) is 12.1 Å². The van der Waals surface area contributed by atoms with Crippen LogP contribution >= 0.6 is 0 Å². The second-order valence-corrected chi connectivity index (χ2v) is 6.32. The summed E-state index contributed by atoms with van der Waals surface area (Å²) >= 11 is 0. The van der Waals surface area contributed by atoms with E-state index >= 15 is 0 Å². The molecule has 9 heteroatoms. The lowest BCUT2D eigenvalue weighted by Crippen LogP contribution is -2.35. The lowest BCUT2D eigenvalue weighted by atomic mass is 10.1. The van der Waals surface area contributed by atoms with Gasteiger partial charge in [0.05, 0.1) is 33.8 Å². The van der Waals surface area contributed by atoms with Crippen molar-refractivity contribution in [2.75, 3.05) is 39.4 Å². The fraction of sp³-hybridized carbons (Fsp3) is 0.261. The molecule has 168 valence electrons. The number of halogens is 1. The molecule has 32 heavy (non-hydrogen) atoms. The monoisotopic (exact) mass is 442 g/mol. The fourth-order valence-corrected chi connectivity index (χ4v) is 2.78. The summed E-state index contributed by atoms with van der Waals surface area (Å²) in [7, 11) is 4.45. The normalized spacial score (nSPS) is 10.3. The van der Waals surface area contributed by atoms with Gasteiger partial charge in [0, 0.05) is 29.9 Å². The second-order valence-electron chi connectivity index (χ2n) is 6.32. The maximum atomic E-state index is 13.2. The van der Waals surface area contributed by atoms with E-state index < -0.39 is 24.3 Å². The molecule has 0 saturated heterocycles. The summed E-state index contributed by atoms with van der Waals surface area (Å²) in [6, 6.07) is 10.4. The molecule has 8 nitrogen and oxygen atoms in total. The smallest absolute Gasteiger partial charge is 0.331 e. The first-order chi connectivity index (χ1) is 15.4. The van der Waals surface area contributed by atoms with Crippen LogP contribution in [0, 0.1) is 17.1 Å². The third kappa shape index (κ3) is 6.47. The Labute approximate surface area is 185 Å². The standard InChI is InChI=1S/C23H23FN2O6/c1-29-19-14-21(31-3)20(30-2)13-16(19)5-10-23(28)32-15-22(27)26(12-4-11-25)18-8-6-17(24)7-9-18/h5-10,13-14H,4,12,15H2,1-3H3/b10-5+. The number of hydrogen-bond donors (Lipinski definition) is 0. The highest BCUT2D eigenvalue weighted by atomic mass is 19.1. The van der Waals surface area contributed by atoms with Gasteiger partial charge in [-0.25, -0.2) is 9.18 Å². The average Bonchev–Trinajstić information content (AvgIpc) is 2.81. The summed E-state index contributed by atoms with van der Waals surface area (Å²) in [6.45, 7) is -0.466. The molecule has 0 aliphatic heterocycles. The minimum Gasteiger partial charge on any atom is -0.496 e. The van der Waals surface area contributed by atoms with Crippen molar-refractivity contribution in [1.82, 2.24) is 0 Å². The molecule has 0 aliphatic rings. The van der Waals surface area contributed by atoms with Crippen LogP contribution < -0.4 is 19.1 Å². The van der Waals surface area contributed by atoms with Crippen LogP contribution in [-0.2, 0) is 14.3 Å². The van der Waals surface area contributed by atoms with E-state index in [0.717, 1.165) is 6.08 Å². The number of ether oxygens (including phenoxy) is 4. The molecule has 0 heterocycles. The molecule has 2 rings (SSSR count). The number of benzene rings is 2. The third-order valence-corrected chi connectivity index (χ3v) is 4.36. The van der Waals surface area contributed by atoms with Crippen molar-refractivity contribution in [3.8, 4) is 23.3 Å². The third-order valence-electron chi connectivity index (χ3n) is 4.36. The summed E-state index contributed by atoms with van der Waals surface area (Å²) in [6.07, 6.45) is 2.67. The molecule has 0 bridgehead atoms. The molecule has 1 amide bonds. The number of anilines is 1. The Bertz CT molecular complexity index is 1010. The molecule has 0 aliphatic carbocycles. The van der Waals surface area contributed by atoms with Gasteiger partial charge in [0.25, 0.3) is 5.91 Å². The molecular formula is C23H23FN2O6. The van der Waals surface area contributed by atoms with E-state index in [-0.39, 0.29) is 13.0 Å². The van der Waals surface area contributed by atoms with Crippen molar-refractivity contribution >= 4 is 23.6 Å². The molecule has 0 spiro atoms. The Morgan fingerprint density at radius 3 is 2.25 bits per heavy atom. The number of nitrogens with zero attached hydrogens (tertiary/aromatic N) is 2. The first-order valence-electron chi connectivity index (χ1n) is 9.51. The van der Waals surface area contributed by atoms with Crippen molar-refractivity contribution in [2.45, 2.75) is 6.42 Å². The van der Waals surface area contributed by atoms with E-state index in [0.29, 0.717) is 28.5 Å². The largest absolute Gasteiger partial charge is 0.496 e. The first kappa shape index (κ1) is 24.2. The summed E-state index contributed by atoms with van der Waals surface area (Å²) in [5.74, 6) is -0.394. The van der Waals surface area contributed by atoms with Gasteiger partial charge in [-0.05, 0) is 36.4 Å². The van der Waals surface area contributed by atoms with Crippen LogP contribution in [0.3, 0.4) is 0 Å². The minimum absolute atomic E-state index is 0.0655. The second kappa shape index (κ2) is 12.0. The number of esters is 1. The van der Waals surface area contributed by atoms with Crippen LogP contribution in [0.4, 0.5) is 10.1 Å². The van der Waals surface area contributed by atoms with Gasteiger partial charge in [0.2, 0.25) is 0 Å². The van der Waals surface area contributed by atoms with Gasteiger partial charge in [0.1, 0.15) is 11.6 Å². The van der Waals surface area contributed by atoms with E-state index in [2.05, 4.69) is 0 Å². The van der Waals surface area contributed by atoms with Crippen molar-refractivity contribution < 1.29 is 32.9 Å². The van der Waals surface area contributed by atoms with Crippen LogP contribution in [0.2, 0.25) is 0 Å². The number of methoxy groups -OCH3 is 3. The average molecular weight is 442 g/mol. The number of carbonyl (C=O) groups excluding carboxylic acids is 2. The summed E-state index contributed by atoms with van der Waals surface area (Å²) in [5.41, 5.74) is 0.934. The fourth-order valence-electron chi connectivity index (χ4n) is 2.78. The maximum absolute atomic E-state index is 13.2. The van der Waals surface area contributed by atoms with Crippen LogP contribution in [0.5, 0.6) is 17.2 Å². The summed E-state index contributed by atoms with van der Waals surface area (Å²) in [5, 5.41) is 8.83. The Morgan fingerprint density at radius 2 is 1.66 bits per heavy atom. The Balaban J connectivity index is 2.07. The number of nitriles is 1. The van der Waals surface area contributed by atoms with Gasteiger partial charge in [-0.1, -0.05) is 0 Å². The maximum Gasteiger partial charge on any atom is 0.331 e. The minimum atomic E-state index is -0.755. The van der Waals surface area contributed by atoms with Gasteiger partial charge in [-0.2, -0.15) is 5.26 Å². The number of amides is 1. The topological polar surface area (TPSA) is 98.1 Å². The molecule has 0 atom stereocenters. The molecule has 2 aromatic rings. The molecular weight excluding hydrogens is 419 g/mol. The van der Waals surface area contributed by atoms with Crippen LogP contribution in [0.15, 0.2) is 42.5 Å². The van der Waals surface area contributed by atoms with E-state index in [9.17, 15) is 14.0 Å². The highest BCUT2D eigenvalue weighted by Gasteiger charge is 2.17. The molecule has 2 aromatic carbocycles. The molecule has 0 radical (unpaired) electrons. The van der Waals surface area contributed by atoms with Gasteiger partial charge in [-0.3, -0.25) is 4.79 Å². The van der Waals surface area contributed by atoms with Gasteiger partial charge < -0.3 is 23.8 Å².